The smallest absolute Gasteiger partial charge is 0.195 e. The topological polar surface area (TPSA) is 26.3 Å². The molecule has 2 nitrogen and oxygen atoms in total. The normalized spacial score (nSPS) is 13.4. The van der Waals surface area contributed by atoms with E-state index in [1.54, 1.807) is 17.4 Å². The van der Waals surface area contributed by atoms with Crippen molar-refractivity contribution in [1.29, 1.82) is 0 Å². The molecule has 0 atom stereocenters. The van der Waals surface area contributed by atoms with E-state index in [0.29, 0.717) is 0 Å². The zero-order valence-electron chi connectivity index (χ0n) is 11.4. The molecular formula is C17H16O2S. The largest absolute Gasteiger partial charge is 0.493 e. The average molecular weight is 284 g/mol. The van der Waals surface area contributed by atoms with E-state index in [0.717, 1.165) is 35.6 Å². The number of fused-ring (bicyclic) bond motifs is 1. The summed E-state index contributed by atoms with van der Waals surface area (Å²) in [5.74, 6) is 1.05. The second kappa shape index (κ2) is 5.63. The van der Waals surface area contributed by atoms with E-state index >= 15 is 0 Å². The Bertz CT molecular complexity index is 667. The average Bonchev–Trinajstić information content (AvgIpc) is 3.12. The number of hydrogen-bond donors (Lipinski definition) is 0. The van der Waals surface area contributed by atoms with Gasteiger partial charge in [0, 0.05) is 11.3 Å². The van der Waals surface area contributed by atoms with E-state index in [1.165, 1.54) is 10.4 Å². The fourth-order valence-corrected chi connectivity index (χ4v) is 3.13. The monoisotopic (exact) mass is 284 g/mol. The Morgan fingerprint density at radius 3 is 3.05 bits per heavy atom. The molecule has 3 heteroatoms. The van der Waals surface area contributed by atoms with Crippen molar-refractivity contribution >= 4 is 23.2 Å². The van der Waals surface area contributed by atoms with E-state index in [1.807, 2.05) is 30.3 Å². The van der Waals surface area contributed by atoms with Gasteiger partial charge in [0.25, 0.3) is 0 Å². The maximum atomic E-state index is 12.1. The molecular weight excluding hydrogens is 268 g/mol. The molecule has 0 aliphatic carbocycles. The van der Waals surface area contributed by atoms with Crippen molar-refractivity contribution in [2.45, 2.75) is 19.8 Å². The van der Waals surface area contributed by atoms with Crippen LogP contribution in [0.1, 0.15) is 32.6 Å². The third-order valence-electron chi connectivity index (χ3n) is 3.39. The van der Waals surface area contributed by atoms with Crippen LogP contribution in [0.25, 0.3) is 6.08 Å². The number of carbonyl (C=O) groups excluding carboxylic acids is 1. The first-order valence-electron chi connectivity index (χ1n) is 6.83. The van der Waals surface area contributed by atoms with Crippen molar-refractivity contribution in [3.8, 4) is 5.75 Å². The molecule has 2 heterocycles. The number of ether oxygens (including phenoxy) is 1. The lowest BCUT2D eigenvalue weighted by Crippen LogP contribution is -1.89. The number of aryl methyl sites for hydroxylation is 1. The Morgan fingerprint density at radius 1 is 1.35 bits per heavy atom. The summed E-state index contributed by atoms with van der Waals surface area (Å²) in [7, 11) is 0. The highest BCUT2D eigenvalue weighted by Gasteiger charge is 2.11. The van der Waals surface area contributed by atoms with Crippen LogP contribution in [-0.4, -0.2) is 12.4 Å². The van der Waals surface area contributed by atoms with Crippen LogP contribution in [0, 0.1) is 0 Å². The highest BCUT2D eigenvalue weighted by atomic mass is 32.1. The van der Waals surface area contributed by atoms with Crippen molar-refractivity contribution in [1.82, 2.24) is 0 Å². The molecule has 0 saturated heterocycles. The van der Waals surface area contributed by atoms with Crippen LogP contribution in [-0.2, 0) is 12.8 Å². The molecule has 0 bridgehead atoms. The fourth-order valence-electron chi connectivity index (χ4n) is 2.26. The van der Waals surface area contributed by atoms with Gasteiger partial charge in [-0.15, -0.1) is 11.3 Å². The second-order valence-corrected chi connectivity index (χ2v) is 5.95. The van der Waals surface area contributed by atoms with Gasteiger partial charge in [0.05, 0.1) is 11.5 Å². The van der Waals surface area contributed by atoms with Gasteiger partial charge in [-0.2, -0.15) is 0 Å². The Labute approximate surface area is 122 Å². The van der Waals surface area contributed by atoms with Gasteiger partial charge in [-0.3, -0.25) is 4.79 Å². The van der Waals surface area contributed by atoms with E-state index in [4.69, 9.17) is 4.74 Å². The molecule has 1 aromatic heterocycles. The predicted molar refractivity (Wildman–Crippen MR) is 82.7 cm³/mol. The van der Waals surface area contributed by atoms with Gasteiger partial charge in [-0.05, 0) is 47.9 Å². The van der Waals surface area contributed by atoms with Crippen molar-refractivity contribution in [2.75, 3.05) is 6.61 Å². The lowest BCUT2D eigenvalue weighted by Gasteiger charge is -1.99. The van der Waals surface area contributed by atoms with Crippen LogP contribution < -0.4 is 4.74 Å². The minimum atomic E-state index is 0.0754. The maximum Gasteiger partial charge on any atom is 0.195 e. The van der Waals surface area contributed by atoms with Crippen molar-refractivity contribution in [3.05, 3.63) is 57.3 Å². The lowest BCUT2D eigenvalue weighted by atomic mass is 10.1. The second-order valence-electron chi connectivity index (χ2n) is 4.78. The molecule has 102 valence electrons. The van der Waals surface area contributed by atoms with Crippen molar-refractivity contribution < 1.29 is 9.53 Å². The molecule has 1 aromatic carbocycles. The molecule has 1 aliphatic rings. The van der Waals surface area contributed by atoms with E-state index in [9.17, 15) is 4.79 Å². The van der Waals surface area contributed by atoms with Gasteiger partial charge in [0.1, 0.15) is 5.75 Å². The van der Waals surface area contributed by atoms with Crippen LogP contribution in [0.15, 0.2) is 36.4 Å². The third kappa shape index (κ3) is 2.68. The Hall–Kier alpha value is -1.87. The Kier molecular flexibility index (Phi) is 3.70. The summed E-state index contributed by atoms with van der Waals surface area (Å²) in [6.07, 6.45) is 5.47. The summed E-state index contributed by atoms with van der Waals surface area (Å²) in [5, 5.41) is 0. The molecule has 0 N–H and O–H groups in total. The van der Waals surface area contributed by atoms with Gasteiger partial charge in [0.15, 0.2) is 5.78 Å². The highest BCUT2D eigenvalue weighted by molar-refractivity contribution is 7.14. The lowest BCUT2D eigenvalue weighted by molar-refractivity contribution is 0.105. The first-order chi connectivity index (χ1) is 9.76. The van der Waals surface area contributed by atoms with Gasteiger partial charge in [-0.25, -0.2) is 0 Å². The van der Waals surface area contributed by atoms with E-state index in [2.05, 4.69) is 13.0 Å². The number of ketones is 1. The summed E-state index contributed by atoms with van der Waals surface area (Å²) in [6, 6.07) is 10.00. The van der Waals surface area contributed by atoms with Gasteiger partial charge in [0.2, 0.25) is 0 Å². The van der Waals surface area contributed by atoms with Gasteiger partial charge in [-0.1, -0.05) is 19.1 Å². The SMILES string of the molecule is CCc1ccc(C(=O)/C=C/c2ccc3c(c2)CCO3)s1. The number of rotatable bonds is 4. The Balaban J connectivity index is 1.75. The molecule has 0 spiro atoms. The van der Waals surface area contributed by atoms with Crippen molar-refractivity contribution in [2.24, 2.45) is 0 Å². The number of allylic oxidation sites excluding steroid dienone is 1. The van der Waals surface area contributed by atoms with Crippen LogP contribution in [0.2, 0.25) is 0 Å². The fraction of sp³-hybridized carbons (Fsp3) is 0.235. The van der Waals surface area contributed by atoms with Crippen molar-refractivity contribution in [3.63, 3.8) is 0 Å². The van der Waals surface area contributed by atoms with Gasteiger partial charge < -0.3 is 4.74 Å². The molecule has 2 aromatic rings. The summed E-state index contributed by atoms with van der Waals surface area (Å²) in [6.45, 7) is 2.86. The van der Waals surface area contributed by atoms with Gasteiger partial charge >= 0.3 is 0 Å². The zero-order valence-corrected chi connectivity index (χ0v) is 12.2. The minimum Gasteiger partial charge on any atom is -0.493 e. The number of thiophene rings is 1. The molecule has 1 aliphatic heterocycles. The molecule has 0 fully saturated rings. The van der Waals surface area contributed by atoms with E-state index < -0.39 is 0 Å². The Morgan fingerprint density at radius 2 is 2.25 bits per heavy atom. The maximum absolute atomic E-state index is 12.1. The first-order valence-corrected chi connectivity index (χ1v) is 7.65. The predicted octanol–water partition coefficient (Wildman–Crippen LogP) is 4.14. The third-order valence-corrected chi connectivity index (χ3v) is 4.64. The minimum absolute atomic E-state index is 0.0754. The first kappa shape index (κ1) is 13.1. The van der Waals surface area contributed by atoms with Crippen LogP contribution in [0.3, 0.4) is 0 Å². The number of benzene rings is 1. The molecule has 20 heavy (non-hydrogen) atoms. The molecule has 0 radical (unpaired) electrons. The quantitative estimate of drug-likeness (QED) is 0.623. The molecule has 3 rings (SSSR count). The summed E-state index contributed by atoms with van der Waals surface area (Å²) in [5.41, 5.74) is 2.28. The summed E-state index contributed by atoms with van der Waals surface area (Å²) in [4.78, 5) is 14.1. The molecule has 0 amide bonds. The van der Waals surface area contributed by atoms with Crippen LogP contribution >= 0.6 is 11.3 Å². The highest BCUT2D eigenvalue weighted by Crippen LogP contribution is 2.26. The van der Waals surface area contributed by atoms with E-state index in [-0.39, 0.29) is 5.78 Å². The van der Waals surface area contributed by atoms with Crippen LogP contribution in [0.5, 0.6) is 5.75 Å². The molecule has 0 saturated carbocycles. The zero-order chi connectivity index (χ0) is 13.9. The number of carbonyl (C=O) groups is 1. The molecule has 0 unspecified atom stereocenters. The standard InChI is InChI=1S/C17H16O2S/c1-2-14-5-8-17(20-14)15(18)6-3-12-4-7-16-13(11-12)9-10-19-16/h3-8,11H,2,9-10H2,1H3/b6-3+. The van der Waals surface area contributed by atoms with Crippen LogP contribution in [0.4, 0.5) is 0 Å². The number of hydrogen-bond acceptors (Lipinski definition) is 3. The summed E-state index contributed by atoms with van der Waals surface area (Å²) >= 11 is 1.58. The summed E-state index contributed by atoms with van der Waals surface area (Å²) < 4.78 is 5.47.